The van der Waals surface area contributed by atoms with Crippen molar-refractivity contribution >= 4 is 34.8 Å². The fourth-order valence-corrected chi connectivity index (χ4v) is 6.09. The molecule has 4 aromatic rings. The predicted octanol–water partition coefficient (Wildman–Crippen LogP) is 7.14. The molecule has 1 atom stereocenters. The number of hydrogen-bond acceptors (Lipinski definition) is 7. The Labute approximate surface area is 280 Å². The number of carbonyl (C=O) groups excluding carboxylic acids is 3. The number of rotatable bonds is 9. The van der Waals surface area contributed by atoms with Crippen LogP contribution >= 0.6 is 0 Å². The van der Waals surface area contributed by atoms with Crippen LogP contribution in [0.25, 0.3) is 21.9 Å². The summed E-state index contributed by atoms with van der Waals surface area (Å²) >= 11 is 0. The summed E-state index contributed by atoms with van der Waals surface area (Å²) in [6.45, 7) is 10.3. The van der Waals surface area contributed by atoms with Crippen LogP contribution in [0.4, 0.5) is 4.79 Å². The number of carbonyl (C=O) groups is 4. The number of aliphatic carboxylic acids is 1. The zero-order valence-electron chi connectivity index (χ0n) is 28.0. The SMILES string of the molecule is CC(C)(C)OC(=O)C(C(=O)OC(C)(C)C)c1ccc(C[C@H](NC(=O)OCC2c3ccccc3-c3ccccc32)C(=O)O)c2ccccc12. The lowest BCUT2D eigenvalue weighted by Crippen LogP contribution is -2.43. The highest BCUT2D eigenvalue weighted by Gasteiger charge is 2.38. The van der Waals surface area contributed by atoms with E-state index in [-0.39, 0.29) is 18.9 Å². The molecule has 250 valence electrons. The van der Waals surface area contributed by atoms with E-state index in [1.807, 2.05) is 48.5 Å². The topological polar surface area (TPSA) is 128 Å². The van der Waals surface area contributed by atoms with E-state index in [2.05, 4.69) is 5.32 Å². The zero-order valence-corrected chi connectivity index (χ0v) is 28.0. The molecular weight excluding hydrogens is 610 g/mol. The van der Waals surface area contributed by atoms with E-state index in [1.165, 1.54) is 0 Å². The number of amides is 1. The van der Waals surface area contributed by atoms with Crippen molar-refractivity contribution in [3.63, 3.8) is 0 Å². The predicted molar refractivity (Wildman–Crippen MR) is 182 cm³/mol. The molecule has 1 amide bonds. The van der Waals surface area contributed by atoms with E-state index in [0.717, 1.165) is 22.3 Å². The van der Waals surface area contributed by atoms with Crippen molar-refractivity contribution in [3.05, 3.63) is 107 Å². The number of hydrogen-bond donors (Lipinski definition) is 2. The summed E-state index contributed by atoms with van der Waals surface area (Å²) in [7, 11) is 0. The highest BCUT2D eigenvalue weighted by atomic mass is 16.6. The molecule has 0 aromatic heterocycles. The van der Waals surface area contributed by atoms with Gasteiger partial charge in [0, 0.05) is 12.3 Å². The second-order valence-electron chi connectivity index (χ2n) is 13.9. The van der Waals surface area contributed by atoms with Crippen LogP contribution in [0.1, 0.15) is 75.6 Å². The summed E-state index contributed by atoms with van der Waals surface area (Å²) in [6.07, 6.45) is -0.927. The van der Waals surface area contributed by atoms with E-state index in [1.54, 1.807) is 77.9 Å². The highest BCUT2D eigenvalue weighted by molar-refractivity contribution is 6.05. The van der Waals surface area contributed by atoms with Gasteiger partial charge in [-0.1, -0.05) is 84.9 Å². The van der Waals surface area contributed by atoms with Crippen LogP contribution in [0, 0.1) is 0 Å². The van der Waals surface area contributed by atoms with E-state index in [9.17, 15) is 24.3 Å². The normalized spacial score (nSPS) is 13.4. The van der Waals surface area contributed by atoms with Crippen molar-refractivity contribution in [1.82, 2.24) is 5.32 Å². The molecular formula is C39H41NO8. The molecule has 0 spiro atoms. The molecule has 0 heterocycles. The summed E-state index contributed by atoms with van der Waals surface area (Å²) in [6, 6.07) is 24.9. The van der Waals surface area contributed by atoms with Gasteiger partial charge >= 0.3 is 24.0 Å². The standard InChI is InChI=1S/C39H41NO8/c1-38(2,3)47-35(43)33(36(44)48-39(4,5)6)30-20-19-23(24-13-7-8-14-25(24)30)21-32(34(41)42)40-37(45)46-22-31-28-17-11-9-15-26(28)27-16-10-12-18-29(27)31/h7-20,31-33H,21-22H2,1-6H3,(H,40,45)(H,41,42)/t32-/m0/s1. The van der Waals surface area contributed by atoms with Crippen LogP contribution in [-0.2, 0) is 35.0 Å². The Bertz CT molecular complexity index is 1790. The number of fused-ring (bicyclic) bond motifs is 4. The van der Waals surface area contributed by atoms with Gasteiger partial charge in [0.2, 0.25) is 0 Å². The molecule has 2 N–H and O–H groups in total. The third-order valence-corrected chi connectivity index (χ3v) is 8.00. The molecule has 1 aliphatic rings. The van der Waals surface area contributed by atoms with Gasteiger partial charge in [0.15, 0.2) is 5.92 Å². The molecule has 1 aliphatic carbocycles. The Hall–Kier alpha value is -5.18. The molecule has 0 unspecified atom stereocenters. The lowest BCUT2D eigenvalue weighted by Gasteiger charge is -2.27. The first-order valence-corrected chi connectivity index (χ1v) is 15.9. The first-order valence-electron chi connectivity index (χ1n) is 15.9. The zero-order chi connectivity index (χ0) is 34.8. The Morgan fingerprint density at radius 1 is 0.708 bits per heavy atom. The fourth-order valence-electron chi connectivity index (χ4n) is 6.09. The van der Waals surface area contributed by atoms with E-state index in [0.29, 0.717) is 21.9 Å². The summed E-state index contributed by atoms with van der Waals surface area (Å²) in [5, 5.41) is 13.8. The second kappa shape index (κ2) is 13.5. The fraction of sp³-hybridized carbons (Fsp3) is 0.333. The number of alkyl carbamates (subject to hydrolysis) is 1. The second-order valence-corrected chi connectivity index (χ2v) is 13.9. The van der Waals surface area contributed by atoms with Crippen LogP contribution in [0.5, 0.6) is 0 Å². The Kier molecular flexibility index (Phi) is 9.62. The van der Waals surface area contributed by atoms with Crippen LogP contribution < -0.4 is 5.32 Å². The minimum Gasteiger partial charge on any atom is -0.480 e. The van der Waals surface area contributed by atoms with Gasteiger partial charge in [-0.2, -0.15) is 0 Å². The van der Waals surface area contributed by atoms with E-state index >= 15 is 0 Å². The molecule has 0 bridgehead atoms. The summed E-state index contributed by atoms with van der Waals surface area (Å²) in [4.78, 5) is 52.3. The van der Waals surface area contributed by atoms with Gasteiger partial charge in [0.05, 0.1) is 0 Å². The van der Waals surface area contributed by atoms with Crippen molar-refractivity contribution < 1.29 is 38.5 Å². The number of esters is 2. The quantitative estimate of drug-likeness (QED) is 0.111. The number of nitrogens with one attached hydrogen (secondary N) is 1. The number of carboxylic acid groups (broad SMARTS) is 1. The van der Waals surface area contributed by atoms with Gasteiger partial charge in [0.25, 0.3) is 0 Å². The Morgan fingerprint density at radius 3 is 1.73 bits per heavy atom. The molecule has 0 fully saturated rings. The lowest BCUT2D eigenvalue weighted by molar-refractivity contribution is -0.169. The highest BCUT2D eigenvalue weighted by Crippen LogP contribution is 2.44. The molecule has 4 aromatic carbocycles. The summed E-state index contributed by atoms with van der Waals surface area (Å²) < 4.78 is 16.9. The van der Waals surface area contributed by atoms with Gasteiger partial charge < -0.3 is 24.6 Å². The molecule has 9 heteroatoms. The van der Waals surface area contributed by atoms with Gasteiger partial charge in [0.1, 0.15) is 23.9 Å². The van der Waals surface area contributed by atoms with E-state index < -0.39 is 47.2 Å². The smallest absolute Gasteiger partial charge is 0.407 e. The molecule has 48 heavy (non-hydrogen) atoms. The molecule has 5 rings (SSSR count). The Morgan fingerprint density at radius 2 is 1.21 bits per heavy atom. The molecule has 0 aliphatic heterocycles. The molecule has 0 radical (unpaired) electrons. The third kappa shape index (κ3) is 7.68. The van der Waals surface area contributed by atoms with Crippen LogP contribution in [0.2, 0.25) is 0 Å². The lowest BCUT2D eigenvalue weighted by atomic mass is 9.89. The van der Waals surface area contributed by atoms with Gasteiger partial charge in [-0.15, -0.1) is 0 Å². The van der Waals surface area contributed by atoms with Gasteiger partial charge in [-0.25, -0.2) is 9.59 Å². The average Bonchev–Trinajstić information content (AvgIpc) is 3.32. The Balaban J connectivity index is 1.38. The minimum atomic E-state index is -1.38. The monoisotopic (exact) mass is 651 g/mol. The van der Waals surface area contributed by atoms with Crippen LogP contribution in [0.3, 0.4) is 0 Å². The average molecular weight is 652 g/mol. The van der Waals surface area contributed by atoms with E-state index in [4.69, 9.17) is 14.2 Å². The van der Waals surface area contributed by atoms with Crippen LogP contribution in [0.15, 0.2) is 84.9 Å². The molecule has 9 nitrogen and oxygen atoms in total. The van der Waals surface area contributed by atoms with Crippen molar-refractivity contribution in [2.45, 2.75) is 77.0 Å². The summed E-state index contributed by atoms with van der Waals surface area (Å²) in [5.74, 6) is -4.30. The van der Waals surface area contributed by atoms with Gasteiger partial charge in [-0.05, 0) is 85.7 Å². The largest absolute Gasteiger partial charge is 0.480 e. The maximum atomic E-state index is 13.4. The van der Waals surface area contributed by atoms with Crippen molar-refractivity contribution in [1.29, 1.82) is 0 Å². The van der Waals surface area contributed by atoms with Crippen LogP contribution in [-0.4, -0.2) is 53.0 Å². The number of benzene rings is 4. The maximum Gasteiger partial charge on any atom is 0.407 e. The molecule has 0 saturated carbocycles. The third-order valence-electron chi connectivity index (χ3n) is 8.00. The maximum absolute atomic E-state index is 13.4. The number of carboxylic acids is 1. The number of ether oxygens (including phenoxy) is 3. The minimum absolute atomic E-state index is 0.0422. The first-order chi connectivity index (χ1) is 22.6. The van der Waals surface area contributed by atoms with Crippen molar-refractivity contribution in [2.75, 3.05) is 6.61 Å². The summed E-state index contributed by atoms with van der Waals surface area (Å²) in [5.41, 5.74) is 3.51. The van der Waals surface area contributed by atoms with Gasteiger partial charge in [-0.3, -0.25) is 9.59 Å². The first kappa shape index (κ1) is 34.2. The molecule has 0 saturated heterocycles. The van der Waals surface area contributed by atoms with Crippen molar-refractivity contribution in [3.8, 4) is 11.1 Å². The van der Waals surface area contributed by atoms with Crippen molar-refractivity contribution in [2.24, 2.45) is 0 Å².